The van der Waals surface area contributed by atoms with Crippen LogP contribution in [0.4, 0.5) is 0 Å². The maximum absolute atomic E-state index is 5.72. The molecule has 0 aliphatic rings. The van der Waals surface area contributed by atoms with Crippen LogP contribution in [0.3, 0.4) is 0 Å². The van der Waals surface area contributed by atoms with E-state index in [0.29, 0.717) is 5.15 Å². The fraction of sp³-hybridized carbons (Fsp3) is 0.444. The number of halogens is 1. The maximum atomic E-state index is 5.72. The van der Waals surface area contributed by atoms with Gasteiger partial charge < -0.3 is 5.73 Å². The molecular formula is C9H13ClN2. The lowest BCUT2D eigenvalue weighted by Gasteiger charge is -2.03. The number of hydrogen-bond donors (Lipinski definition) is 1. The summed E-state index contributed by atoms with van der Waals surface area (Å²) in [5.74, 6) is 0. The molecule has 0 bridgehead atoms. The molecule has 0 amide bonds. The lowest BCUT2D eigenvalue weighted by Crippen LogP contribution is -2.01. The first-order valence-electron chi connectivity index (χ1n) is 4.05. The van der Waals surface area contributed by atoms with E-state index in [1.54, 1.807) is 0 Å². The van der Waals surface area contributed by atoms with Crippen LogP contribution >= 0.6 is 11.6 Å². The number of aryl methyl sites for hydroxylation is 2. The number of pyridine rings is 1. The SMILES string of the molecule is Cc1cc(Cl)ncc1CCCN. The summed E-state index contributed by atoms with van der Waals surface area (Å²) in [6.07, 6.45) is 3.82. The third-order valence-corrected chi connectivity index (χ3v) is 2.04. The predicted octanol–water partition coefficient (Wildman–Crippen LogP) is 1.93. The first kappa shape index (κ1) is 9.49. The molecule has 66 valence electrons. The Hall–Kier alpha value is -0.600. The summed E-state index contributed by atoms with van der Waals surface area (Å²) in [6, 6.07) is 1.88. The first-order valence-corrected chi connectivity index (χ1v) is 4.43. The zero-order valence-electron chi connectivity index (χ0n) is 7.18. The van der Waals surface area contributed by atoms with Gasteiger partial charge in [0.05, 0.1) is 0 Å². The number of nitrogens with zero attached hydrogens (tertiary/aromatic N) is 1. The first-order chi connectivity index (χ1) is 5.74. The van der Waals surface area contributed by atoms with E-state index in [-0.39, 0.29) is 0 Å². The molecule has 0 unspecified atom stereocenters. The summed E-state index contributed by atoms with van der Waals surface area (Å²) in [4.78, 5) is 4.02. The summed E-state index contributed by atoms with van der Waals surface area (Å²) in [5.41, 5.74) is 7.85. The van der Waals surface area contributed by atoms with Crippen molar-refractivity contribution in [3.63, 3.8) is 0 Å². The summed E-state index contributed by atoms with van der Waals surface area (Å²) in [5, 5.41) is 0.559. The van der Waals surface area contributed by atoms with E-state index >= 15 is 0 Å². The van der Waals surface area contributed by atoms with Crippen molar-refractivity contribution in [2.45, 2.75) is 19.8 Å². The van der Waals surface area contributed by atoms with E-state index in [1.165, 1.54) is 11.1 Å². The topological polar surface area (TPSA) is 38.9 Å². The number of rotatable bonds is 3. The smallest absolute Gasteiger partial charge is 0.129 e. The minimum Gasteiger partial charge on any atom is -0.330 e. The van der Waals surface area contributed by atoms with Crippen LogP contribution in [-0.2, 0) is 6.42 Å². The third kappa shape index (κ3) is 2.47. The molecule has 1 heterocycles. The Morgan fingerprint density at radius 2 is 2.33 bits per heavy atom. The molecule has 3 heteroatoms. The minimum absolute atomic E-state index is 0.559. The fourth-order valence-corrected chi connectivity index (χ4v) is 1.32. The molecule has 1 aromatic rings. The van der Waals surface area contributed by atoms with Crippen LogP contribution in [0.1, 0.15) is 17.5 Å². The van der Waals surface area contributed by atoms with E-state index in [2.05, 4.69) is 4.98 Å². The van der Waals surface area contributed by atoms with Crippen molar-refractivity contribution >= 4 is 11.6 Å². The van der Waals surface area contributed by atoms with Gasteiger partial charge in [0.15, 0.2) is 0 Å². The highest BCUT2D eigenvalue weighted by Crippen LogP contribution is 2.12. The van der Waals surface area contributed by atoms with Crippen LogP contribution in [0.15, 0.2) is 12.3 Å². The molecule has 2 N–H and O–H groups in total. The molecule has 0 saturated carbocycles. The molecule has 0 fully saturated rings. The Kier molecular flexibility index (Phi) is 3.50. The average molecular weight is 185 g/mol. The second-order valence-electron chi connectivity index (χ2n) is 2.83. The van der Waals surface area contributed by atoms with E-state index in [1.807, 2.05) is 19.2 Å². The van der Waals surface area contributed by atoms with E-state index < -0.39 is 0 Å². The monoisotopic (exact) mass is 184 g/mol. The predicted molar refractivity (Wildman–Crippen MR) is 51.4 cm³/mol. The second kappa shape index (κ2) is 4.43. The van der Waals surface area contributed by atoms with Gasteiger partial charge >= 0.3 is 0 Å². The van der Waals surface area contributed by atoms with Crippen molar-refractivity contribution in [2.75, 3.05) is 6.54 Å². The van der Waals surface area contributed by atoms with Gasteiger partial charge in [-0.3, -0.25) is 0 Å². The molecule has 1 aromatic heterocycles. The van der Waals surface area contributed by atoms with E-state index in [9.17, 15) is 0 Å². The van der Waals surface area contributed by atoms with Gasteiger partial charge in [0.2, 0.25) is 0 Å². The number of hydrogen-bond acceptors (Lipinski definition) is 2. The maximum Gasteiger partial charge on any atom is 0.129 e. The van der Waals surface area contributed by atoms with E-state index in [0.717, 1.165) is 19.4 Å². The molecule has 0 saturated heterocycles. The number of aromatic nitrogens is 1. The third-order valence-electron chi connectivity index (χ3n) is 1.84. The largest absolute Gasteiger partial charge is 0.330 e. The van der Waals surface area contributed by atoms with Gasteiger partial charge in [0.25, 0.3) is 0 Å². The fourth-order valence-electron chi connectivity index (χ4n) is 1.10. The van der Waals surface area contributed by atoms with Crippen molar-refractivity contribution in [1.29, 1.82) is 0 Å². The zero-order valence-corrected chi connectivity index (χ0v) is 7.93. The molecule has 0 aliphatic heterocycles. The van der Waals surface area contributed by atoms with Gasteiger partial charge in [-0.2, -0.15) is 0 Å². The van der Waals surface area contributed by atoms with Crippen molar-refractivity contribution in [3.05, 3.63) is 28.5 Å². The van der Waals surface area contributed by atoms with Crippen LogP contribution in [0.2, 0.25) is 5.15 Å². The Morgan fingerprint density at radius 1 is 1.58 bits per heavy atom. The van der Waals surface area contributed by atoms with Gasteiger partial charge in [-0.05, 0) is 43.5 Å². The normalized spacial score (nSPS) is 10.2. The molecule has 1 rings (SSSR count). The molecule has 0 aromatic carbocycles. The van der Waals surface area contributed by atoms with Gasteiger partial charge in [0, 0.05) is 6.20 Å². The van der Waals surface area contributed by atoms with Gasteiger partial charge in [0.1, 0.15) is 5.15 Å². The highest BCUT2D eigenvalue weighted by molar-refractivity contribution is 6.29. The van der Waals surface area contributed by atoms with Crippen LogP contribution in [-0.4, -0.2) is 11.5 Å². The summed E-state index contributed by atoms with van der Waals surface area (Å²) < 4.78 is 0. The van der Waals surface area contributed by atoms with E-state index in [4.69, 9.17) is 17.3 Å². The average Bonchev–Trinajstić information content (AvgIpc) is 2.03. The van der Waals surface area contributed by atoms with Crippen LogP contribution < -0.4 is 5.73 Å². The Morgan fingerprint density at radius 3 is 2.92 bits per heavy atom. The number of nitrogens with two attached hydrogens (primary N) is 1. The summed E-state index contributed by atoms with van der Waals surface area (Å²) in [6.45, 7) is 2.77. The molecule has 0 radical (unpaired) electrons. The molecule has 0 spiro atoms. The quantitative estimate of drug-likeness (QED) is 0.730. The van der Waals surface area contributed by atoms with Gasteiger partial charge in [-0.1, -0.05) is 11.6 Å². The molecule has 12 heavy (non-hydrogen) atoms. The second-order valence-corrected chi connectivity index (χ2v) is 3.21. The van der Waals surface area contributed by atoms with Crippen LogP contribution in [0, 0.1) is 6.92 Å². The van der Waals surface area contributed by atoms with Crippen molar-refractivity contribution in [1.82, 2.24) is 4.98 Å². The minimum atomic E-state index is 0.559. The molecule has 2 nitrogen and oxygen atoms in total. The Bertz CT molecular complexity index is 261. The van der Waals surface area contributed by atoms with Crippen molar-refractivity contribution in [2.24, 2.45) is 5.73 Å². The zero-order chi connectivity index (χ0) is 8.97. The summed E-state index contributed by atoms with van der Waals surface area (Å²) in [7, 11) is 0. The summed E-state index contributed by atoms with van der Waals surface area (Å²) >= 11 is 5.72. The molecule has 0 atom stereocenters. The van der Waals surface area contributed by atoms with Crippen molar-refractivity contribution < 1.29 is 0 Å². The van der Waals surface area contributed by atoms with Crippen molar-refractivity contribution in [3.8, 4) is 0 Å². The Balaban J connectivity index is 2.72. The molecule has 0 aliphatic carbocycles. The highest BCUT2D eigenvalue weighted by atomic mass is 35.5. The van der Waals surface area contributed by atoms with Gasteiger partial charge in [-0.15, -0.1) is 0 Å². The standard InChI is InChI=1S/C9H13ClN2/c1-7-5-9(10)12-6-8(7)3-2-4-11/h5-6H,2-4,11H2,1H3. The highest BCUT2D eigenvalue weighted by Gasteiger charge is 1.98. The molecular weight excluding hydrogens is 172 g/mol. The lowest BCUT2D eigenvalue weighted by atomic mass is 10.1. The lowest BCUT2D eigenvalue weighted by molar-refractivity contribution is 0.824. The van der Waals surface area contributed by atoms with Gasteiger partial charge in [-0.25, -0.2) is 4.98 Å². The van der Waals surface area contributed by atoms with Crippen LogP contribution in [0.25, 0.3) is 0 Å². The van der Waals surface area contributed by atoms with Crippen LogP contribution in [0.5, 0.6) is 0 Å². The Labute approximate surface area is 77.8 Å².